The Morgan fingerprint density at radius 1 is 0.971 bits per heavy atom. The number of rotatable bonds is 7. The van der Waals surface area contributed by atoms with Crippen LogP contribution in [0, 0.1) is 0 Å². The number of fused-ring (bicyclic) bond motifs is 1. The first-order valence-electron chi connectivity index (χ1n) is 11.5. The Morgan fingerprint density at radius 2 is 1.57 bits per heavy atom. The van der Waals surface area contributed by atoms with E-state index in [2.05, 4.69) is 4.99 Å². The summed E-state index contributed by atoms with van der Waals surface area (Å²) in [5.41, 5.74) is 1.97. The van der Waals surface area contributed by atoms with Gasteiger partial charge in [0.1, 0.15) is 11.8 Å². The predicted octanol–water partition coefficient (Wildman–Crippen LogP) is 3.94. The summed E-state index contributed by atoms with van der Waals surface area (Å²) in [7, 11) is 0. The quantitative estimate of drug-likeness (QED) is 0.356. The standard InChI is InChI=1S/C27H26N2O6/c1-16(27(34)35)28-21-14-18(17-8-3-2-4-9-17)15-23(31)24(21)22(30)12-7-13-29-25(32)19-10-5-6-11-20(19)26(29)33/h2-6,8-11,16,18,30H,7,12-15H2,1H3,(H,34,35)/b24-22-,28-21?. The topological polar surface area (TPSA) is 124 Å². The molecule has 0 saturated heterocycles. The second kappa shape index (κ2) is 10.0. The first kappa shape index (κ1) is 24.1. The molecular weight excluding hydrogens is 448 g/mol. The third-order valence-corrected chi connectivity index (χ3v) is 6.38. The average Bonchev–Trinajstić information content (AvgIpc) is 3.09. The Kier molecular flexibility index (Phi) is 6.91. The smallest absolute Gasteiger partial charge is 0.328 e. The van der Waals surface area contributed by atoms with Crippen molar-refractivity contribution in [3.8, 4) is 0 Å². The number of aliphatic hydroxyl groups excluding tert-OH is 1. The first-order chi connectivity index (χ1) is 16.8. The molecule has 35 heavy (non-hydrogen) atoms. The van der Waals surface area contributed by atoms with E-state index in [1.54, 1.807) is 24.3 Å². The molecule has 8 nitrogen and oxygen atoms in total. The number of carboxylic acid groups (broad SMARTS) is 1. The van der Waals surface area contributed by atoms with E-state index in [0.717, 1.165) is 10.5 Å². The number of hydrogen-bond donors (Lipinski definition) is 2. The van der Waals surface area contributed by atoms with Crippen LogP contribution < -0.4 is 0 Å². The number of carboxylic acids is 1. The lowest BCUT2D eigenvalue weighted by molar-refractivity contribution is -0.138. The number of amides is 2. The Hall–Kier alpha value is -4.07. The second-order valence-corrected chi connectivity index (χ2v) is 8.76. The van der Waals surface area contributed by atoms with Crippen LogP contribution in [0.3, 0.4) is 0 Å². The Labute approximate surface area is 202 Å². The van der Waals surface area contributed by atoms with Gasteiger partial charge in [-0.15, -0.1) is 0 Å². The molecule has 2 atom stereocenters. The Morgan fingerprint density at radius 3 is 2.17 bits per heavy atom. The molecule has 1 aliphatic carbocycles. The lowest BCUT2D eigenvalue weighted by Crippen LogP contribution is -2.31. The van der Waals surface area contributed by atoms with Crippen LogP contribution >= 0.6 is 0 Å². The summed E-state index contributed by atoms with van der Waals surface area (Å²) in [6, 6.07) is 15.0. The van der Waals surface area contributed by atoms with Crippen LogP contribution in [0.25, 0.3) is 0 Å². The minimum Gasteiger partial charge on any atom is -0.511 e. The van der Waals surface area contributed by atoms with E-state index in [1.165, 1.54) is 6.92 Å². The van der Waals surface area contributed by atoms with Crippen molar-refractivity contribution in [2.75, 3.05) is 6.54 Å². The molecule has 1 aliphatic heterocycles. The SMILES string of the molecule is CC(N=C1CC(c2ccccc2)CC(=O)/C1=C(\O)CCCN1C(=O)c2ccccc2C1=O)C(=O)O. The maximum atomic E-state index is 13.1. The molecule has 0 bridgehead atoms. The largest absolute Gasteiger partial charge is 0.511 e. The summed E-state index contributed by atoms with van der Waals surface area (Å²) in [5.74, 6) is -2.56. The number of nitrogens with zero attached hydrogens (tertiary/aromatic N) is 2. The summed E-state index contributed by atoms with van der Waals surface area (Å²) < 4.78 is 0. The van der Waals surface area contributed by atoms with Crippen molar-refractivity contribution in [1.29, 1.82) is 0 Å². The van der Waals surface area contributed by atoms with Crippen molar-refractivity contribution in [2.45, 2.75) is 44.6 Å². The van der Waals surface area contributed by atoms with Crippen molar-refractivity contribution in [2.24, 2.45) is 4.99 Å². The number of carbonyl (C=O) groups excluding carboxylic acids is 3. The predicted molar refractivity (Wildman–Crippen MR) is 129 cm³/mol. The molecule has 0 radical (unpaired) electrons. The van der Waals surface area contributed by atoms with Gasteiger partial charge >= 0.3 is 5.97 Å². The van der Waals surface area contributed by atoms with E-state index < -0.39 is 12.0 Å². The maximum absolute atomic E-state index is 13.1. The molecule has 2 N–H and O–H groups in total. The lowest BCUT2D eigenvalue weighted by Gasteiger charge is -2.26. The molecular formula is C27H26N2O6. The number of imide groups is 1. The van der Waals surface area contributed by atoms with Gasteiger partial charge < -0.3 is 10.2 Å². The number of allylic oxidation sites excluding steroid dienone is 2. The summed E-state index contributed by atoms with van der Waals surface area (Å²) in [6.07, 6.45) is 0.788. The number of carbonyl (C=O) groups is 4. The van der Waals surface area contributed by atoms with Gasteiger partial charge in [-0.3, -0.25) is 24.3 Å². The van der Waals surface area contributed by atoms with Gasteiger partial charge in [-0.1, -0.05) is 42.5 Å². The van der Waals surface area contributed by atoms with Gasteiger partial charge in [-0.05, 0) is 43.4 Å². The Bertz CT molecular complexity index is 1210. The molecule has 0 spiro atoms. The number of benzene rings is 2. The van der Waals surface area contributed by atoms with Gasteiger partial charge in [0.15, 0.2) is 5.78 Å². The number of ketones is 1. The minimum atomic E-state index is -1.13. The minimum absolute atomic E-state index is 0.0466. The van der Waals surface area contributed by atoms with Crippen molar-refractivity contribution >= 4 is 29.3 Å². The average molecular weight is 475 g/mol. The van der Waals surface area contributed by atoms with Crippen LogP contribution in [-0.2, 0) is 9.59 Å². The maximum Gasteiger partial charge on any atom is 0.328 e. The van der Waals surface area contributed by atoms with E-state index in [4.69, 9.17) is 0 Å². The number of aliphatic imine (C=N–C) groups is 1. The van der Waals surface area contributed by atoms with Crippen LogP contribution in [0.4, 0.5) is 0 Å². The number of aliphatic hydroxyl groups is 1. The number of aliphatic carboxylic acids is 1. The van der Waals surface area contributed by atoms with Gasteiger partial charge in [0, 0.05) is 19.4 Å². The number of Topliss-reactive ketones (excluding diaryl/α,β-unsaturated/α-hetero) is 1. The van der Waals surface area contributed by atoms with Crippen LogP contribution in [0.15, 0.2) is 70.9 Å². The fourth-order valence-electron chi connectivity index (χ4n) is 4.56. The van der Waals surface area contributed by atoms with Gasteiger partial charge in [0.25, 0.3) is 11.8 Å². The van der Waals surface area contributed by atoms with Gasteiger partial charge in [0.2, 0.25) is 0 Å². The summed E-state index contributed by atoms with van der Waals surface area (Å²) in [4.78, 5) is 55.0. The second-order valence-electron chi connectivity index (χ2n) is 8.76. The molecule has 8 heteroatoms. The van der Waals surface area contributed by atoms with E-state index in [0.29, 0.717) is 17.5 Å². The van der Waals surface area contributed by atoms with E-state index in [9.17, 15) is 29.4 Å². The molecule has 4 rings (SSSR count). The van der Waals surface area contributed by atoms with Crippen molar-refractivity contribution in [1.82, 2.24) is 4.90 Å². The molecule has 180 valence electrons. The van der Waals surface area contributed by atoms with Crippen LogP contribution in [0.5, 0.6) is 0 Å². The third kappa shape index (κ3) is 4.91. The first-order valence-corrected chi connectivity index (χ1v) is 11.5. The highest BCUT2D eigenvalue weighted by Gasteiger charge is 2.35. The molecule has 2 aromatic rings. The molecule has 2 aliphatic rings. The normalized spacial score (nSPS) is 21.3. The highest BCUT2D eigenvalue weighted by Crippen LogP contribution is 2.34. The summed E-state index contributed by atoms with van der Waals surface area (Å²) >= 11 is 0. The third-order valence-electron chi connectivity index (χ3n) is 6.38. The zero-order valence-electron chi connectivity index (χ0n) is 19.3. The zero-order chi connectivity index (χ0) is 25.1. The summed E-state index contributed by atoms with van der Waals surface area (Å²) in [6.45, 7) is 1.51. The van der Waals surface area contributed by atoms with Crippen molar-refractivity contribution < 1.29 is 29.4 Å². The van der Waals surface area contributed by atoms with E-state index in [-0.39, 0.29) is 66.4 Å². The van der Waals surface area contributed by atoms with Gasteiger partial charge in [-0.25, -0.2) is 4.79 Å². The molecule has 0 aromatic heterocycles. The molecule has 2 amide bonds. The molecule has 1 saturated carbocycles. The van der Waals surface area contributed by atoms with Crippen molar-refractivity contribution in [3.63, 3.8) is 0 Å². The fourth-order valence-corrected chi connectivity index (χ4v) is 4.56. The molecule has 1 heterocycles. The highest BCUT2D eigenvalue weighted by molar-refractivity contribution is 6.25. The molecule has 1 fully saturated rings. The monoisotopic (exact) mass is 474 g/mol. The van der Waals surface area contributed by atoms with E-state index >= 15 is 0 Å². The lowest BCUT2D eigenvalue weighted by atomic mass is 9.78. The van der Waals surface area contributed by atoms with Crippen LogP contribution in [0.1, 0.15) is 64.8 Å². The zero-order valence-corrected chi connectivity index (χ0v) is 19.3. The molecule has 2 unspecified atom stereocenters. The number of hydrogen-bond acceptors (Lipinski definition) is 6. The van der Waals surface area contributed by atoms with E-state index in [1.807, 2.05) is 30.3 Å². The van der Waals surface area contributed by atoms with Gasteiger partial charge in [-0.2, -0.15) is 0 Å². The Balaban J connectivity index is 1.52. The van der Waals surface area contributed by atoms with Crippen molar-refractivity contribution in [3.05, 3.63) is 82.6 Å². The molecule has 2 aromatic carbocycles. The summed E-state index contributed by atoms with van der Waals surface area (Å²) in [5, 5.41) is 20.2. The fraction of sp³-hybridized carbons (Fsp3) is 0.296. The van der Waals surface area contributed by atoms with Crippen LogP contribution in [0.2, 0.25) is 0 Å². The van der Waals surface area contributed by atoms with Crippen LogP contribution in [-0.4, -0.2) is 57.0 Å². The van der Waals surface area contributed by atoms with Gasteiger partial charge in [0.05, 0.1) is 22.4 Å². The highest BCUT2D eigenvalue weighted by atomic mass is 16.4.